The van der Waals surface area contributed by atoms with Gasteiger partial charge in [0.1, 0.15) is 29.5 Å². The predicted octanol–water partition coefficient (Wildman–Crippen LogP) is 2.99. The number of benzene rings is 2. The number of rotatable bonds is 7. The quantitative estimate of drug-likeness (QED) is 0.694. The van der Waals surface area contributed by atoms with E-state index >= 15 is 0 Å². The van der Waals surface area contributed by atoms with Crippen LogP contribution < -0.4 is 14.8 Å². The number of phenols is 1. The van der Waals surface area contributed by atoms with Crippen LogP contribution in [0.5, 0.6) is 17.2 Å². The Kier molecular flexibility index (Phi) is 6.69. The molecule has 3 N–H and O–H groups in total. The Morgan fingerprint density at radius 1 is 1.07 bits per heavy atom. The molecule has 0 aliphatic rings. The number of hydrogen-bond donors (Lipinski definition) is 3. The fourth-order valence-corrected chi connectivity index (χ4v) is 2.70. The number of amides is 1. The number of ether oxygens (including phenoxy) is 2. The first kappa shape index (κ1) is 20.6. The van der Waals surface area contributed by atoms with Gasteiger partial charge in [-0.25, -0.2) is 0 Å². The molecule has 0 bridgehead atoms. The molecule has 0 aliphatic carbocycles. The first-order valence-corrected chi connectivity index (χ1v) is 8.77. The van der Waals surface area contributed by atoms with Crippen molar-refractivity contribution in [2.24, 2.45) is 5.41 Å². The minimum absolute atomic E-state index is 0.00867. The van der Waals surface area contributed by atoms with Crippen LogP contribution in [-0.4, -0.2) is 42.0 Å². The van der Waals surface area contributed by atoms with Crippen LogP contribution in [0.4, 0.5) is 0 Å². The zero-order valence-electron chi connectivity index (χ0n) is 16.1. The third kappa shape index (κ3) is 5.62. The highest BCUT2D eigenvalue weighted by atomic mass is 16.5. The van der Waals surface area contributed by atoms with E-state index in [1.807, 2.05) is 20.8 Å². The molecule has 0 aliphatic heterocycles. The van der Waals surface area contributed by atoms with Gasteiger partial charge in [0.05, 0.1) is 12.7 Å². The number of nitrogens with one attached hydrogen (secondary N) is 1. The van der Waals surface area contributed by atoms with E-state index in [9.17, 15) is 15.0 Å². The highest BCUT2D eigenvalue weighted by molar-refractivity contribution is 5.96. The smallest absolute Gasteiger partial charge is 0.255 e. The van der Waals surface area contributed by atoms with Gasteiger partial charge in [0.25, 0.3) is 5.91 Å². The van der Waals surface area contributed by atoms with Crippen molar-refractivity contribution < 1.29 is 24.5 Å². The third-order valence-corrected chi connectivity index (χ3v) is 4.15. The third-order valence-electron chi connectivity index (χ3n) is 4.15. The summed E-state index contributed by atoms with van der Waals surface area (Å²) in [6, 6.07) is 13.4. The van der Waals surface area contributed by atoms with Crippen molar-refractivity contribution in [2.75, 3.05) is 13.7 Å². The van der Waals surface area contributed by atoms with Crippen molar-refractivity contribution >= 4 is 5.91 Å². The summed E-state index contributed by atoms with van der Waals surface area (Å²) in [4.78, 5) is 12.2. The van der Waals surface area contributed by atoms with Gasteiger partial charge in [0.15, 0.2) is 0 Å². The molecule has 0 spiro atoms. The normalized spacial score (nSPS) is 13.5. The topological polar surface area (TPSA) is 88.0 Å². The molecule has 6 nitrogen and oxygen atoms in total. The van der Waals surface area contributed by atoms with Gasteiger partial charge >= 0.3 is 0 Å². The van der Waals surface area contributed by atoms with E-state index in [0.717, 1.165) is 0 Å². The second-order valence-electron chi connectivity index (χ2n) is 7.37. The largest absolute Gasteiger partial charge is 0.507 e. The fourth-order valence-electron chi connectivity index (χ4n) is 2.70. The lowest BCUT2D eigenvalue weighted by Gasteiger charge is -2.34. The lowest BCUT2D eigenvalue weighted by molar-refractivity contribution is -0.0251. The Hall–Kier alpha value is -2.73. The van der Waals surface area contributed by atoms with E-state index < -0.39 is 18.1 Å². The second kappa shape index (κ2) is 8.77. The van der Waals surface area contributed by atoms with Gasteiger partial charge in [0, 0.05) is 12.0 Å². The number of aliphatic hydroxyl groups excluding tert-OH is 1. The monoisotopic (exact) mass is 373 g/mol. The van der Waals surface area contributed by atoms with Crippen molar-refractivity contribution in [3.63, 3.8) is 0 Å². The van der Waals surface area contributed by atoms with Crippen LogP contribution in [0.3, 0.4) is 0 Å². The summed E-state index contributed by atoms with van der Waals surface area (Å²) in [5, 5.41) is 23.1. The number of hydrogen-bond acceptors (Lipinski definition) is 5. The lowest BCUT2D eigenvalue weighted by atomic mass is 9.85. The van der Waals surface area contributed by atoms with E-state index in [1.54, 1.807) is 43.5 Å². The minimum atomic E-state index is -0.943. The SMILES string of the molecule is COc1ccc(OC(C(O)CNC(=O)c2ccccc2O)C(C)(C)C)cc1. The Labute approximate surface area is 159 Å². The lowest BCUT2D eigenvalue weighted by Crippen LogP contribution is -2.48. The van der Waals surface area contributed by atoms with E-state index in [2.05, 4.69) is 5.32 Å². The Balaban J connectivity index is 2.05. The van der Waals surface area contributed by atoms with Gasteiger partial charge in [-0.2, -0.15) is 0 Å². The average Bonchev–Trinajstić information content (AvgIpc) is 2.63. The number of carbonyl (C=O) groups is 1. The van der Waals surface area contributed by atoms with Gasteiger partial charge in [-0.3, -0.25) is 4.79 Å². The molecule has 0 saturated carbocycles. The van der Waals surface area contributed by atoms with Gasteiger partial charge in [-0.1, -0.05) is 32.9 Å². The summed E-state index contributed by atoms with van der Waals surface area (Å²) in [6.45, 7) is 5.85. The zero-order chi connectivity index (χ0) is 20.0. The first-order valence-electron chi connectivity index (χ1n) is 8.77. The summed E-state index contributed by atoms with van der Waals surface area (Å²) < 4.78 is 11.1. The standard InChI is InChI=1S/C21H27NO5/c1-21(2,3)19(27-15-11-9-14(26-4)10-12-15)18(24)13-22-20(25)16-7-5-6-8-17(16)23/h5-12,18-19,23-24H,13H2,1-4H3,(H,22,25). The van der Waals surface area contributed by atoms with Crippen LogP contribution in [0.25, 0.3) is 0 Å². The van der Waals surface area contributed by atoms with Crippen LogP contribution in [0.1, 0.15) is 31.1 Å². The average molecular weight is 373 g/mol. The Morgan fingerprint density at radius 3 is 2.22 bits per heavy atom. The van der Waals surface area contributed by atoms with Crippen LogP contribution in [0, 0.1) is 5.41 Å². The Bertz CT molecular complexity index is 752. The molecule has 2 rings (SSSR count). The van der Waals surface area contributed by atoms with Crippen molar-refractivity contribution in [1.82, 2.24) is 5.32 Å². The molecule has 2 atom stereocenters. The molecule has 2 aromatic carbocycles. The molecule has 1 amide bonds. The molecule has 0 aromatic heterocycles. The first-order chi connectivity index (χ1) is 12.7. The van der Waals surface area contributed by atoms with Crippen LogP contribution in [0.2, 0.25) is 0 Å². The van der Waals surface area contributed by atoms with Crippen molar-refractivity contribution in [2.45, 2.75) is 33.0 Å². The van der Waals surface area contributed by atoms with E-state index in [-0.39, 0.29) is 23.3 Å². The number of phenolic OH excluding ortho intramolecular Hbond substituents is 1. The van der Waals surface area contributed by atoms with E-state index in [4.69, 9.17) is 9.47 Å². The molecular formula is C21H27NO5. The van der Waals surface area contributed by atoms with E-state index in [0.29, 0.717) is 11.5 Å². The van der Waals surface area contributed by atoms with Crippen LogP contribution >= 0.6 is 0 Å². The highest BCUT2D eigenvalue weighted by Crippen LogP contribution is 2.28. The number of carbonyl (C=O) groups excluding carboxylic acids is 1. The maximum Gasteiger partial charge on any atom is 0.255 e. The van der Waals surface area contributed by atoms with E-state index in [1.165, 1.54) is 12.1 Å². The molecule has 27 heavy (non-hydrogen) atoms. The summed E-state index contributed by atoms with van der Waals surface area (Å²) in [5.41, 5.74) is -0.216. The molecule has 146 valence electrons. The highest BCUT2D eigenvalue weighted by Gasteiger charge is 2.33. The zero-order valence-corrected chi connectivity index (χ0v) is 16.1. The maximum atomic E-state index is 12.2. The number of aliphatic hydroxyl groups is 1. The number of methoxy groups -OCH3 is 1. The van der Waals surface area contributed by atoms with Crippen molar-refractivity contribution in [3.05, 3.63) is 54.1 Å². The molecule has 2 unspecified atom stereocenters. The summed E-state index contributed by atoms with van der Waals surface area (Å²) in [6.07, 6.45) is -1.50. The number of aromatic hydroxyl groups is 1. The number of para-hydroxylation sites is 1. The van der Waals surface area contributed by atoms with Gasteiger partial charge in [-0.15, -0.1) is 0 Å². The molecule has 6 heteroatoms. The van der Waals surface area contributed by atoms with Crippen molar-refractivity contribution in [3.8, 4) is 17.2 Å². The molecule has 0 fully saturated rings. The van der Waals surface area contributed by atoms with Gasteiger partial charge < -0.3 is 25.0 Å². The molecular weight excluding hydrogens is 346 g/mol. The van der Waals surface area contributed by atoms with Crippen LogP contribution in [-0.2, 0) is 0 Å². The molecule has 0 radical (unpaired) electrons. The van der Waals surface area contributed by atoms with Crippen LogP contribution in [0.15, 0.2) is 48.5 Å². The molecule has 2 aromatic rings. The maximum absolute atomic E-state index is 12.2. The summed E-state index contributed by atoms with van der Waals surface area (Å²) in [5.74, 6) is 0.752. The minimum Gasteiger partial charge on any atom is -0.507 e. The summed E-state index contributed by atoms with van der Waals surface area (Å²) >= 11 is 0. The fraction of sp³-hybridized carbons (Fsp3) is 0.381. The second-order valence-corrected chi connectivity index (χ2v) is 7.37. The molecule has 0 heterocycles. The summed E-state index contributed by atoms with van der Waals surface area (Å²) in [7, 11) is 1.59. The van der Waals surface area contributed by atoms with Gasteiger partial charge in [0.2, 0.25) is 0 Å². The Morgan fingerprint density at radius 2 is 1.67 bits per heavy atom. The predicted molar refractivity (Wildman–Crippen MR) is 103 cm³/mol. The van der Waals surface area contributed by atoms with Gasteiger partial charge in [-0.05, 0) is 36.4 Å². The van der Waals surface area contributed by atoms with Crippen molar-refractivity contribution in [1.29, 1.82) is 0 Å². The molecule has 0 saturated heterocycles.